The number of aromatic nitrogens is 3. The largest absolute Gasteiger partial charge is 0.382 e. The van der Waals surface area contributed by atoms with Crippen molar-refractivity contribution in [3.63, 3.8) is 0 Å². The van der Waals surface area contributed by atoms with Crippen molar-refractivity contribution in [2.45, 2.75) is 6.92 Å². The van der Waals surface area contributed by atoms with Gasteiger partial charge >= 0.3 is 0 Å². The van der Waals surface area contributed by atoms with Gasteiger partial charge in [-0.2, -0.15) is 9.94 Å². The van der Waals surface area contributed by atoms with Crippen LogP contribution in [0.1, 0.15) is 12.5 Å². The molecular weight excluding hydrogens is 216 g/mol. The fourth-order valence-corrected chi connectivity index (χ4v) is 1.49. The van der Waals surface area contributed by atoms with Crippen LogP contribution in [0.25, 0.3) is 5.82 Å². The van der Waals surface area contributed by atoms with Gasteiger partial charge in [-0.25, -0.2) is 4.98 Å². The lowest BCUT2D eigenvalue weighted by Gasteiger charge is -2.00. The van der Waals surface area contributed by atoms with E-state index in [1.165, 1.54) is 4.68 Å². The van der Waals surface area contributed by atoms with Gasteiger partial charge in [0.1, 0.15) is 17.5 Å². The number of nitriles is 1. The summed E-state index contributed by atoms with van der Waals surface area (Å²) in [4.78, 5) is 4.14. The van der Waals surface area contributed by atoms with Crippen LogP contribution in [-0.4, -0.2) is 21.3 Å². The molecule has 0 atom stereocenters. The Balaban J connectivity index is 2.54. The number of nitrogen functional groups attached to an aromatic ring is 1. The zero-order valence-corrected chi connectivity index (χ0v) is 9.38. The SMILES string of the molecule is CCNc1nn(-c2ccccn2)c(N)c1C#N. The lowest BCUT2D eigenvalue weighted by Crippen LogP contribution is -2.04. The number of rotatable bonds is 3. The van der Waals surface area contributed by atoms with E-state index in [0.717, 1.165) is 0 Å². The molecule has 0 saturated carbocycles. The fraction of sp³-hybridized carbons (Fsp3) is 0.182. The Morgan fingerprint density at radius 2 is 2.35 bits per heavy atom. The number of nitrogens with zero attached hydrogens (tertiary/aromatic N) is 4. The number of hydrogen-bond donors (Lipinski definition) is 2. The Morgan fingerprint density at radius 3 is 2.94 bits per heavy atom. The van der Waals surface area contributed by atoms with Crippen molar-refractivity contribution in [2.24, 2.45) is 0 Å². The highest BCUT2D eigenvalue weighted by atomic mass is 15.4. The summed E-state index contributed by atoms with van der Waals surface area (Å²) >= 11 is 0. The van der Waals surface area contributed by atoms with Gasteiger partial charge in [0.05, 0.1) is 0 Å². The molecule has 3 N–H and O–H groups in total. The summed E-state index contributed by atoms with van der Waals surface area (Å²) in [5.41, 5.74) is 6.22. The first-order chi connectivity index (χ1) is 8.27. The lowest BCUT2D eigenvalue weighted by molar-refractivity contribution is 0.857. The van der Waals surface area contributed by atoms with Crippen molar-refractivity contribution in [3.05, 3.63) is 30.0 Å². The van der Waals surface area contributed by atoms with Gasteiger partial charge in [-0.3, -0.25) is 0 Å². The van der Waals surface area contributed by atoms with E-state index >= 15 is 0 Å². The van der Waals surface area contributed by atoms with E-state index in [1.807, 2.05) is 19.1 Å². The maximum Gasteiger partial charge on any atom is 0.168 e. The van der Waals surface area contributed by atoms with Crippen LogP contribution in [0.15, 0.2) is 24.4 Å². The molecule has 86 valence electrons. The Bertz CT molecular complexity index is 551. The van der Waals surface area contributed by atoms with Gasteiger partial charge in [-0.05, 0) is 19.1 Å². The molecule has 0 saturated heterocycles. The van der Waals surface area contributed by atoms with Gasteiger partial charge in [0, 0.05) is 12.7 Å². The standard InChI is InChI=1S/C11H12N6/c1-2-14-11-8(7-12)10(13)17(16-11)9-5-3-4-6-15-9/h3-6H,2,13H2,1H3,(H,14,16). The molecule has 2 aromatic heterocycles. The van der Waals surface area contributed by atoms with Crippen LogP contribution in [0.2, 0.25) is 0 Å². The van der Waals surface area contributed by atoms with Crippen molar-refractivity contribution in [1.82, 2.24) is 14.8 Å². The van der Waals surface area contributed by atoms with Gasteiger partial charge in [0.25, 0.3) is 0 Å². The summed E-state index contributed by atoms with van der Waals surface area (Å²) in [6.07, 6.45) is 1.65. The molecule has 0 amide bonds. The average Bonchev–Trinajstić information content (AvgIpc) is 2.67. The van der Waals surface area contributed by atoms with E-state index < -0.39 is 0 Å². The molecule has 0 aromatic carbocycles. The van der Waals surface area contributed by atoms with E-state index in [4.69, 9.17) is 11.0 Å². The molecule has 0 aliphatic heterocycles. The van der Waals surface area contributed by atoms with Crippen LogP contribution in [0.4, 0.5) is 11.6 Å². The van der Waals surface area contributed by atoms with E-state index in [-0.39, 0.29) is 0 Å². The third-order valence-corrected chi connectivity index (χ3v) is 2.24. The zero-order chi connectivity index (χ0) is 12.3. The van der Waals surface area contributed by atoms with Crippen LogP contribution < -0.4 is 11.1 Å². The number of anilines is 2. The quantitative estimate of drug-likeness (QED) is 0.822. The highest BCUT2D eigenvalue weighted by molar-refractivity contribution is 5.65. The van der Waals surface area contributed by atoms with Gasteiger partial charge in [-0.1, -0.05) is 6.07 Å². The molecule has 2 heterocycles. The molecule has 2 aromatic rings. The first-order valence-corrected chi connectivity index (χ1v) is 5.21. The third-order valence-electron chi connectivity index (χ3n) is 2.24. The minimum Gasteiger partial charge on any atom is -0.382 e. The van der Waals surface area contributed by atoms with Crippen LogP contribution in [0, 0.1) is 11.3 Å². The van der Waals surface area contributed by atoms with Gasteiger partial charge in [-0.15, -0.1) is 5.10 Å². The van der Waals surface area contributed by atoms with Crippen molar-refractivity contribution >= 4 is 11.6 Å². The second-order valence-corrected chi connectivity index (χ2v) is 3.35. The molecule has 0 aliphatic carbocycles. The van der Waals surface area contributed by atoms with Crippen LogP contribution in [0.3, 0.4) is 0 Å². The molecular formula is C11H12N6. The fourth-order valence-electron chi connectivity index (χ4n) is 1.49. The predicted octanol–water partition coefficient (Wildman–Crippen LogP) is 1.15. The predicted molar refractivity (Wildman–Crippen MR) is 64.7 cm³/mol. The van der Waals surface area contributed by atoms with Gasteiger partial charge < -0.3 is 11.1 Å². The normalized spacial score (nSPS) is 9.88. The van der Waals surface area contributed by atoms with Crippen LogP contribution >= 0.6 is 0 Å². The summed E-state index contributed by atoms with van der Waals surface area (Å²) < 4.78 is 1.45. The summed E-state index contributed by atoms with van der Waals surface area (Å²) in [6, 6.07) is 7.46. The lowest BCUT2D eigenvalue weighted by atomic mass is 10.3. The highest BCUT2D eigenvalue weighted by Gasteiger charge is 2.16. The molecule has 6 nitrogen and oxygen atoms in total. The molecule has 0 aliphatic rings. The molecule has 0 spiro atoms. The summed E-state index contributed by atoms with van der Waals surface area (Å²) in [5.74, 6) is 1.37. The number of nitrogens with two attached hydrogens (primary N) is 1. The van der Waals surface area contributed by atoms with E-state index in [9.17, 15) is 0 Å². The van der Waals surface area contributed by atoms with Crippen LogP contribution in [0.5, 0.6) is 0 Å². The molecule has 2 rings (SSSR count). The second kappa shape index (κ2) is 4.53. The number of hydrogen-bond acceptors (Lipinski definition) is 5. The molecule has 0 unspecified atom stereocenters. The summed E-state index contributed by atoms with van der Waals surface area (Å²) in [5, 5.41) is 16.3. The van der Waals surface area contributed by atoms with Gasteiger partial charge in [0.2, 0.25) is 0 Å². The molecule has 0 bridgehead atoms. The minimum absolute atomic E-state index is 0.294. The van der Waals surface area contributed by atoms with Crippen LogP contribution in [-0.2, 0) is 0 Å². The average molecular weight is 228 g/mol. The second-order valence-electron chi connectivity index (χ2n) is 3.35. The minimum atomic E-state index is 0.294. The summed E-state index contributed by atoms with van der Waals surface area (Å²) in [6.45, 7) is 2.60. The molecule has 6 heteroatoms. The van der Waals surface area contributed by atoms with Crippen molar-refractivity contribution in [3.8, 4) is 11.9 Å². The monoisotopic (exact) mass is 228 g/mol. The molecule has 17 heavy (non-hydrogen) atoms. The van der Waals surface area contributed by atoms with Crippen molar-refractivity contribution < 1.29 is 0 Å². The Kier molecular flexibility index (Phi) is 2.92. The van der Waals surface area contributed by atoms with E-state index in [1.54, 1.807) is 18.3 Å². The first kappa shape index (κ1) is 11.0. The van der Waals surface area contributed by atoms with Crippen molar-refractivity contribution in [2.75, 3.05) is 17.6 Å². The Labute approximate surface area is 98.7 Å². The van der Waals surface area contributed by atoms with Gasteiger partial charge in [0.15, 0.2) is 11.6 Å². The number of nitrogens with one attached hydrogen (secondary N) is 1. The topological polar surface area (TPSA) is 92.6 Å². The third kappa shape index (κ3) is 1.90. The zero-order valence-electron chi connectivity index (χ0n) is 9.38. The Morgan fingerprint density at radius 1 is 1.53 bits per heavy atom. The molecule has 0 radical (unpaired) electrons. The van der Waals surface area contributed by atoms with E-state index in [2.05, 4.69) is 15.4 Å². The summed E-state index contributed by atoms with van der Waals surface area (Å²) in [7, 11) is 0. The maximum absolute atomic E-state index is 9.04. The highest BCUT2D eigenvalue weighted by Crippen LogP contribution is 2.22. The first-order valence-electron chi connectivity index (χ1n) is 5.21. The smallest absolute Gasteiger partial charge is 0.168 e. The van der Waals surface area contributed by atoms with E-state index in [0.29, 0.717) is 29.6 Å². The van der Waals surface area contributed by atoms with Crippen molar-refractivity contribution in [1.29, 1.82) is 5.26 Å². The maximum atomic E-state index is 9.04. The Hall–Kier alpha value is -2.55. The molecule has 0 fully saturated rings. The number of pyridine rings is 1.